The highest BCUT2D eigenvalue weighted by molar-refractivity contribution is 5.81. The van der Waals surface area contributed by atoms with Crippen LogP contribution >= 0.6 is 0 Å². The number of hydrogen-bond donors (Lipinski definition) is 2. The summed E-state index contributed by atoms with van der Waals surface area (Å²) >= 11 is 0. The molecule has 1 aliphatic heterocycles. The van der Waals surface area contributed by atoms with Crippen molar-refractivity contribution in [2.75, 3.05) is 6.54 Å². The second kappa shape index (κ2) is 7.93. The van der Waals surface area contributed by atoms with E-state index in [2.05, 4.69) is 10.6 Å². The average Bonchev–Trinajstić information content (AvgIpc) is 3.13. The van der Waals surface area contributed by atoms with Crippen LogP contribution in [-0.4, -0.2) is 18.5 Å². The maximum Gasteiger partial charge on any atom is 0.237 e. The minimum absolute atomic E-state index is 0.0546. The molecule has 0 aliphatic carbocycles. The molecule has 1 aliphatic rings. The van der Waals surface area contributed by atoms with Gasteiger partial charge in [-0.25, -0.2) is 4.39 Å². The zero-order valence-electron chi connectivity index (χ0n) is 13.4. The van der Waals surface area contributed by atoms with Gasteiger partial charge in [-0.2, -0.15) is 0 Å². The van der Waals surface area contributed by atoms with Crippen LogP contribution in [0.3, 0.4) is 0 Å². The number of ether oxygens (including phenoxy) is 1. The van der Waals surface area contributed by atoms with Crippen molar-refractivity contribution in [1.82, 2.24) is 10.6 Å². The first-order valence-corrected chi connectivity index (χ1v) is 8.18. The van der Waals surface area contributed by atoms with Crippen LogP contribution in [0.5, 0.6) is 5.75 Å². The van der Waals surface area contributed by atoms with E-state index in [-0.39, 0.29) is 17.8 Å². The van der Waals surface area contributed by atoms with Crippen molar-refractivity contribution < 1.29 is 13.9 Å². The summed E-state index contributed by atoms with van der Waals surface area (Å²) in [4.78, 5) is 11.9. The van der Waals surface area contributed by atoms with Crippen LogP contribution in [0.25, 0.3) is 0 Å². The first-order valence-electron chi connectivity index (χ1n) is 8.18. The first-order chi connectivity index (χ1) is 11.7. The Morgan fingerprint density at radius 2 is 2.04 bits per heavy atom. The molecule has 1 amide bonds. The zero-order valence-corrected chi connectivity index (χ0v) is 13.4. The van der Waals surface area contributed by atoms with Crippen molar-refractivity contribution >= 4 is 5.91 Å². The van der Waals surface area contributed by atoms with E-state index in [9.17, 15) is 9.18 Å². The van der Waals surface area contributed by atoms with Crippen LogP contribution in [0.15, 0.2) is 48.5 Å². The Hall–Kier alpha value is -2.40. The van der Waals surface area contributed by atoms with Crippen molar-refractivity contribution in [3.8, 4) is 5.75 Å². The molecule has 24 heavy (non-hydrogen) atoms. The lowest BCUT2D eigenvalue weighted by atomic mass is 10.2. The third-order valence-corrected chi connectivity index (χ3v) is 4.06. The van der Waals surface area contributed by atoms with Crippen LogP contribution < -0.4 is 15.4 Å². The van der Waals surface area contributed by atoms with Crippen molar-refractivity contribution in [3.05, 3.63) is 65.5 Å². The van der Waals surface area contributed by atoms with Gasteiger partial charge in [0.1, 0.15) is 18.2 Å². The number of carbonyl (C=O) groups is 1. The van der Waals surface area contributed by atoms with E-state index in [1.165, 1.54) is 12.1 Å². The average molecular weight is 328 g/mol. The molecule has 0 aromatic heterocycles. The molecule has 1 heterocycles. The van der Waals surface area contributed by atoms with Crippen LogP contribution in [-0.2, 0) is 17.9 Å². The maximum atomic E-state index is 13.1. The Kier molecular flexibility index (Phi) is 5.43. The van der Waals surface area contributed by atoms with Crippen molar-refractivity contribution in [2.45, 2.75) is 32.0 Å². The monoisotopic (exact) mass is 328 g/mol. The van der Waals surface area contributed by atoms with E-state index in [1.807, 2.05) is 30.3 Å². The van der Waals surface area contributed by atoms with Gasteiger partial charge in [0.15, 0.2) is 0 Å². The predicted molar refractivity (Wildman–Crippen MR) is 90.0 cm³/mol. The summed E-state index contributed by atoms with van der Waals surface area (Å²) in [5, 5.41) is 6.12. The Balaban J connectivity index is 1.47. The number of carbonyl (C=O) groups excluding carboxylic acids is 1. The second-order valence-electron chi connectivity index (χ2n) is 5.93. The third kappa shape index (κ3) is 4.55. The molecule has 126 valence electrons. The lowest BCUT2D eigenvalue weighted by Gasteiger charge is -2.11. The molecule has 2 N–H and O–H groups in total. The topological polar surface area (TPSA) is 50.4 Å². The Morgan fingerprint density at radius 3 is 2.75 bits per heavy atom. The highest BCUT2D eigenvalue weighted by atomic mass is 19.1. The van der Waals surface area contributed by atoms with Gasteiger partial charge in [-0.15, -0.1) is 0 Å². The van der Waals surface area contributed by atoms with E-state index >= 15 is 0 Å². The number of nitrogens with one attached hydrogen (secondary N) is 2. The SMILES string of the molecule is O=C(NCc1ccc(OCc2cccc(F)c2)cc1)[C@@H]1CCCN1. The van der Waals surface area contributed by atoms with Gasteiger partial charge in [-0.05, 0) is 54.8 Å². The number of amides is 1. The van der Waals surface area contributed by atoms with Gasteiger partial charge in [-0.1, -0.05) is 24.3 Å². The Labute approximate surface area is 141 Å². The van der Waals surface area contributed by atoms with Gasteiger partial charge in [0.25, 0.3) is 0 Å². The third-order valence-electron chi connectivity index (χ3n) is 4.06. The first kappa shape index (κ1) is 16.5. The minimum Gasteiger partial charge on any atom is -0.489 e. The number of rotatable bonds is 6. The molecule has 0 radical (unpaired) electrons. The van der Waals surface area contributed by atoms with E-state index < -0.39 is 0 Å². The van der Waals surface area contributed by atoms with Gasteiger partial charge in [0.05, 0.1) is 6.04 Å². The van der Waals surface area contributed by atoms with Gasteiger partial charge in [0.2, 0.25) is 5.91 Å². The summed E-state index contributed by atoms with van der Waals surface area (Å²) < 4.78 is 18.8. The summed E-state index contributed by atoms with van der Waals surface area (Å²) in [6, 6.07) is 13.9. The van der Waals surface area contributed by atoms with Gasteiger partial charge in [-0.3, -0.25) is 4.79 Å². The highest BCUT2D eigenvalue weighted by Gasteiger charge is 2.21. The zero-order chi connectivity index (χ0) is 16.8. The summed E-state index contributed by atoms with van der Waals surface area (Å²) in [5.74, 6) is 0.504. The van der Waals surface area contributed by atoms with Crippen molar-refractivity contribution in [1.29, 1.82) is 0 Å². The van der Waals surface area contributed by atoms with Gasteiger partial charge in [0, 0.05) is 6.54 Å². The fourth-order valence-corrected chi connectivity index (χ4v) is 2.72. The molecule has 1 saturated heterocycles. The van der Waals surface area contributed by atoms with E-state index in [0.717, 1.165) is 30.5 Å². The quantitative estimate of drug-likeness (QED) is 0.857. The van der Waals surface area contributed by atoms with Gasteiger partial charge < -0.3 is 15.4 Å². The smallest absolute Gasteiger partial charge is 0.237 e. The molecule has 1 atom stereocenters. The predicted octanol–water partition coefficient (Wildman–Crippen LogP) is 2.77. The maximum absolute atomic E-state index is 13.1. The number of benzene rings is 2. The molecule has 0 unspecified atom stereocenters. The minimum atomic E-state index is -0.265. The molecule has 2 aromatic rings. The van der Waals surface area contributed by atoms with Crippen LogP contribution in [0.4, 0.5) is 4.39 Å². The largest absolute Gasteiger partial charge is 0.489 e. The molecule has 5 heteroatoms. The highest BCUT2D eigenvalue weighted by Crippen LogP contribution is 2.15. The molecular weight excluding hydrogens is 307 g/mol. The summed E-state index contributed by atoms with van der Waals surface area (Å²) in [6.45, 7) is 1.73. The molecule has 0 bridgehead atoms. The van der Waals surface area contributed by atoms with E-state index in [4.69, 9.17) is 4.74 Å². The Bertz CT molecular complexity index is 682. The summed E-state index contributed by atoms with van der Waals surface area (Å²) in [7, 11) is 0. The second-order valence-corrected chi connectivity index (χ2v) is 5.93. The summed E-state index contributed by atoms with van der Waals surface area (Å²) in [5.41, 5.74) is 1.80. The number of halogens is 1. The van der Waals surface area contributed by atoms with Crippen LogP contribution in [0.2, 0.25) is 0 Å². The molecule has 1 fully saturated rings. The van der Waals surface area contributed by atoms with E-state index in [0.29, 0.717) is 18.9 Å². The van der Waals surface area contributed by atoms with E-state index in [1.54, 1.807) is 6.07 Å². The molecule has 0 spiro atoms. The molecule has 3 rings (SSSR count). The fraction of sp³-hybridized carbons (Fsp3) is 0.316. The number of hydrogen-bond acceptors (Lipinski definition) is 3. The van der Waals surface area contributed by atoms with Crippen molar-refractivity contribution in [2.24, 2.45) is 0 Å². The Morgan fingerprint density at radius 1 is 1.21 bits per heavy atom. The van der Waals surface area contributed by atoms with Gasteiger partial charge >= 0.3 is 0 Å². The molecule has 4 nitrogen and oxygen atoms in total. The lowest BCUT2D eigenvalue weighted by Crippen LogP contribution is -2.39. The van der Waals surface area contributed by atoms with Crippen LogP contribution in [0, 0.1) is 5.82 Å². The van der Waals surface area contributed by atoms with Crippen molar-refractivity contribution in [3.63, 3.8) is 0 Å². The standard InChI is InChI=1S/C19H21FN2O2/c20-16-4-1-3-15(11-16)13-24-17-8-6-14(7-9-17)12-22-19(23)18-5-2-10-21-18/h1,3-4,6-9,11,18,21H,2,5,10,12-13H2,(H,22,23)/t18-/m0/s1. The molecule has 2 aromatic carbocycles. The summed E-state index contributed by atoms with van der Waals surface area (Å²) in [6.07, 6.45) is 1.95. The van der Waals surface area contributed by atoms with Crippen LogP contribution in [0.1, 0.15) is 24.0 Å². The fourth-order valence-electron chi connectivity index (χ4n) is 2.72. The molecular formula is C19H21FN2O2. The molecule has 0 saturated carbocycles. The lowest BCUT2D eigenvalue weighted by molar-refractivity contribution is -0.122. The normalized spacial score (nSPS) is 16.8.